The first-order valence-electron chi connectivity index (χ1n) is 18.6. The average Bonchev–Trinajstić information content (AvgIpc) is 3.87. The number of piperidine rings is 1. The number of nitrogens with zero attached hydrogens (tertiary/aromatic N) is 6. The summed E-state index contributed by atoms with van der Waals surface area (Å²) in [4.78, 5) is 75.3. The Morgan fingerprint density at radius 3 is 2.37 bits per heavy atom. The molecule has 3 aromatic rings. The minimum Gasteiger partial charge on any atom is -0.368 e. The molecule has 0 spiro atoms. The van der Waals surface area contributed by atoms with Crippen LogP contribution in [0.15, 0.2) is 47.3 Å². The molecule has 6 heterocycles. The lowest BCUT2D eigenvalue weighted by atomic mass is 9.89. The number of nitriles is 1. The van der Waals surface area contributed by atoms with Gasteiger partial charge in [0.1, 0.15) is 12.1 Å². The van der Waals surface area contributed by atoms with E-state index in [0.29, 0.717) is 37.0 Å². The summed E-state index contributed by atoms with van der Waals surface area (Å²) >= 11 is 0. The molecule has 5 aliphatic heterocycles. The fourth-order valence-electron chi connectivity index (χ4n) is 9.19. The minimum atomic E-state index is -0.727. The highest BCUT2D eigenvalue weighted by atomic mass is 16.2. The van der Waals surface area contributed by atoms with Crippen LogP contribution in [0, 0.1) is 17.2 Å². The van der Waals surface area contributed by atoms with Crippen molar-refractivity contribution >= 4 is 46.0 Å². The highest BCUT2D eigenvalue weighted by molar-refractivity contribution is 6.00. The molecule has 1 aromatic heterocycles. The van der Waals surface area contributed by atoms with Crippen LogP contribution in [0.4, 0.5) is 11.4 Å². The van der Waals surface area contributed by atoms with Gasteiger partial charge in [0.2, 0.25) is 23.6 Å². The molecular weight excluding hydrogens is 662 g/mol. The molecule has 0 bridgehead atoms. The monoisotopic (exact) mass is 707 g/mol. The Hall–Kier alpha value is -5.16. The Labute approximate surface area is 301 Å². The second-order valence-electron chi connectivity index (χ2n) is 15.0. The Balaban J connectivity index is 0.928. The van der Waals surface area contributed by atoms with Crippen LogP contribution < -0.4 is 26.5 Å². The van der Waals surface area contributed by atoms with E-state index in [-0.39, 0.29) is 54.1 Å². The van der Waals surface area contributed by atoms with Crippen molar-refractivity contribution in [1.29, 1.82) is 5.26 Å². The summed E-state index contributed by atoms with van der Waals surface area (Å²) in [5, 5.41) is 12.5. The predicted molar refractivity (Wildman–Crippen MR) is 193 cm³/mol. The first-order valence-corrected chi connectivity index (χ1v) is 18.6. The van der Waals surface area contributed by atoms with E-state index >= 15 is 0 Å². The lowest BCUT2D eigenvalue weighted by Crippen LogP contribution is -2.55. The molecule has 0 aliphatic carbocycles. The number of likely N-dealkylation sites (tertiary alicyclic amines) is 1. The third-order valence-corrected chi connectivity index (χ3v) is 12.0. The van der Waals surface area contributed by atoms with Gasteiger partial charge in [-0.15, -0.1) is 0 Å². The highest BCUT2D eigenvalue weighted by Crippen LogP contribution is 2.38. The lowest BCUT2D eigenvalue weighted by Gasteiger charge is -2.37. The first kappa shape index (κ1) is 34.0. The Kier molecular flexibility index (Phi) is 8.99. The molecule has 14 heteroatoms. The van der Waals surface area contributed by atoms with Crippen LogP contribution in [0.5, 0.6) is 0 Å². The van der Waals surface area contributed by atoms with Crippen molar-refractivity contribution in [2.75, 3.05) is 49.1 Å². The molecule has 5 saturated heterocycles. The summed E-state index contributed by atoms with van der Waals surface area (Å²) in [7, 11) is 0. The number of carbonyl (C=O) groups is 4. The number of H-pyrrole nitrogens is 1. The quantitative estimate of drug-likeness (QED) is 0.334. The van der Waals surface area contributed by atoms with E-state index in [1.165, 1.54) is 4.57 Å². The van der Waals surface area contributed by atoms with Crippen LogP contribution in [-0.4, -0.2) is 100 Å². The number of fused-ring (bicyclic) bond motifs is 2. The van der Waals surface area contributed by atoms with Gasteiger partial charge in [0.05, 0.1) is 29.1 Å². The number of imidazole rings is 1. The molecule has 5 aliphatic rings. The fourth-order valence-corrected chi connectivity index (χ4v) is 9.19. The second kappa shape index (κ2) is 13.8. The number of imide groups is 1. The Bertz CT molecular complexity index is 2010. The zero-order valence-corrected chi connectivity index (χ0v) is 29.2. The van der Waals surface area contributed by atoms with Gasteiger partial charge in [-0.2, -0.15) is 5.26 Å². The van der Waals surface area contributed by atoms with Gasteiger partial charge in [0.25, 0.3) is 0 Å². The number of hydrogen-bond donors (Lipinski definition) is 3. The zero-order valence-electron chi connectivity index (χ0n) is 29.2. The van der Waals surface area contributed by atoms with Crippen LogP contribution in [0.3, 0.4) is 0 Å². The number of aromatic nitrogens is 2. The van der Waals surface area contributed by atoms with Crippen LogP contribution in [0.2, 0.25) is 0 Å². The summed E-state index contributed by atoms with van der Waals surface area (Å²) in [6, 6.07) is 14.8. The molecule has 52 heavy (non-hydrogen) atoms. The zero-order chi connectivity index (χ0) is 36.1. The van der Waals surface area contributed by atoms with Gasteiger partial charge in [0, 0.05) is 69.0 Å². The third kappa shape index (κ3) is 6.10. The smallest absolute Gasteiger partial charge is 0.327 e. The highest BCUT2D eigenvalue weighted by Gasteiger charge is 2.46. The maximum absolute atomic E-state index is 14.0. The van der Waals surface area contributed by atoms with E-state index in [0.717, 1.165) is 68.8 Å². The second-order valence-corrected chi connectivity index (χ2v) is 15.0. The molecule has 8 rings (SSSR count). The topological polar surface area (TPSA) is 181 Å². The molecule has 5 fully saturated rings. The van der Waals surface area contributed by atoms with E-state index in [1.54, 1.807) is 9.80 Å². The molecular formula is C38H45N9O5. The number of hydrogen-bond acceptors (Lipinski definition) is 9. The molecule has 4 amide bonds. The van der Waals surface area contributed by atoms with E-state index in [2.05, 4.69) is 38.3 Å². The summed E-state index contributed by atoms with van der Waals surface area (Å²) in [5.41, 5.74) is 10.2. The van der Waals surface area contributed by atoms with Crippen molar-refractivity contribution in [2.24, 2.45) is 11.7 Å². The van der Waals surface area contributed by atoms with Crippen molar-refractivity contribution in [3.63, 3.8) is 0 Å². The Morgan fingerprint density at radius 2 is 1.62 bits per heavy atom. The van der Waals surface area contributed by atoms with E-state index in [4.69, 9.17) is 5.73 Å². The summed E-state index contributed by atoms with van der Waals surface area (Å²) in [5.74, 6) is -1.42. The van der Waals surface area contributed by atoms with Crippen LogP contribution in [-0.2, 0) is 19.2 Å². The molecule has 14 nitrogen and oxygen atoms in total. The Morgan fingerprint density at radius 1 is 0.865 bits per heavy atom. The van der Waals surface area contributed by atoms with E-state index in [9.17, 15) is 29.2 Å². The van der Waals surface area contributed by atoms with Crippen molar-refractivity contribution in [1.82, 2.24) is 24.7 Å². The summed E-state index contributed by atoms with van der Waals surface area (Å²) in [6.07, 6.45) is 5.44. The van der Waals surface area contributed by atoms with Crippen LogP contribution >= 0.6 is 0 Å². The van der Waals surface area contributed by atoms with Crippen molar-refractivity contribution in [2.45, 2.75) is 81.5 Å². The number of aromatic amines is 1. The number of amides is 4. The molecule has 272 valence electrons. The van der Waals surface area contributed by atoms with E-state index < -0.39 is 24.0 Å². The van der Waals surface area contributed by atoms with Crippen LogP contribution in [0.1, 0.15) is 68.9 Å². The van der Waals surface area contributed by atoms with Gasteiger partial charge in [-0.1, -0.05) is 25.0 Å². The number of nitrogens with one attached hydrogen (secondary N) is 2. The minimum absolute atomic E-state index is 0.0616. The largest absolute Gasteiger partial charge is 0.368 e. The van der Waals surface area contributed by atoms with Gasteiger partial charge in [-0.25, -0.2) is 4.79 Å². The number of nitrogens with two attached hydrogens (primary N) is 1. The maximum atomic E-state index is 14.0. The van der Waals surface area contributed by atoms with Gasteiger partial charge in [-0.05, 0) is 68.0 Å². The number of rotatable bonds is 5. The normalized spacial score (nSPS) is 28.4. The SMILES string of the molecule is N#CC1CN(C(=O)[C@@H]2CC[C@@H]3CCCC[C@H](N)C(=O)N32)CC1c1cccc(N2CCN(c3ccc4c(c3)[nH]c(=O)n4C3CCC(=O)NC3=O)CC2)c1. The summed E-state index contributed by atoms with van der Waals surface area (Å²) < 4.78 is 1.44. The van der Waals surface area contributed by atoms with Gasteiger partial charge >= 0.3 is 5.69 Å². The average molecular weight is 708 g/mol. The standard InChI is InChI=1S/C38H45N9O5/c39-20-24-21-45(37(51)33-11-8-25-5-1-2-7-29(40)36(50)46(25)33)22-28(24)23-4-3-6-26(18-23)43-14-16-44(17-15-43)27-9-10-31-30(19-27)41-38(52)47(31)32-12-13-34(48)42-35(32)49/h3-4,6,9-10,18-19,24-25,28-29,32-33H,1-2,5,7-8,11-17,21-22,40H2,(H,41,52)(H,42,48,49)/t24?,25-,28?,29-,32?,33-/m0/s1. The van der Waals surface area contributed by atoms with Gasteiger partial charge in [0.15, 0.2) is 0 Å². The fraction of sp³-hybridized carbons (Fsp3) is 0.526. The number of piperazine rings is 1. The van der Waals surface area contributed by atoms with Gasteiger partial charge < -0.3 is 30.3 Å². The maximum Gasteiger partial charge on any atom is 0.327 e. The molecule has 4 N–H and O–H groups in total. The molecule has 0 radical (unpaired) electrons. The predicted octanol–water partition coefficient (Wildman–Crippen LogP) is 1.96. The van der Waals surface area contributed by atoms with Crippen molar-refractivity contribution in [3.05, 3.63) is 58.5 Å². The van der Waals surface area contributed by atoms with Crippen molar-refractivity contribution < 1.29 is 19.2 Å². The molecule has 2 aromatic carbocycles. The number of benzene rings is 2. The first-order chi connectivity index (χ1) is 25.2. The van der Waals surface area contributed by atoms with Crippen LogP contribution in [0.25, 0.3) is 11.0 Å². The number of carbonyl (C=O) groups excluding carboxylic acids is 4. The molecule has 3 unspecified atom stereocenters. The lowest BCUT2D eigenvalue weighted by molar-refractivity contribution is -0.146. The number of anilines is 2. The van der Waals surface area contributed by atoms with Gasteiger partial charge in [-0.3, -0.25) is 29.1 Å². The van der Waals surface area contributed by atoms with Crippen molar-refractivity contribution in [3.8, 4) is 6.07 Å². The third-order valence-electron chi connectivity index (χ3n) is 12.0. The van der Waals surface area contributed by atoms with E-state index in [1.807, 2.05) is 30.3 Å². The molecule has 6 atom stereocenters. The molecule has 0 saturated carbocycles. The summed E-state index contributed by atoms with van der Waals surface area (Å²) in [6.45, 7) is 3.83.